The molecular formula is C13H15BrFNO4. The van der Waals surface area contributed by atoms with E-state index in [1.165, 1.54) is 23.1 Å². The van der Waals surface area contributed by atoms with Crippen LogP contribution in [0.2, 0.25) is 0 Å². The molecule has 1 amide bonds. The van der Waals surface area contributed by atoms with Crippen molar-refractivity contribution < 1.29 is 23.8 Å². The summed E-state index contributed by atoms with van der Waals surface area (Å²) in [6, 6.07) is 3.91. The summed E-state index contributed by atoms with van der Waals surface area (Å²) in [5, 5.41) is 8.51. The first-order valence-electron chi connectivity index (χ1n) is 5.93. The SMILES string of the molecule is CN(CCCC(=O)O)C(=O)COc1ccc(F)cc1Br. The van der Waals surface area contributed by atoms with Crippen LogP contribution < -0.4 is 4.74 Å². The number of likely N-dealkylation sites (N-methyl/N-ethyl adjacent to an activating group) is 1. The Balaban J connectivity index is 2.40. The zero-order valence-electron chi connectivity index (χ0n) is 10.9. The van der Waals surface area contributed by atoms with E-state index in [1.807, 2.05) is 0 Å². The van der Waals surface area contributed by atoms with Crippen LogP contribution in [-0.4, -0.2) is 42.1 Å². The Labute approximate surface area is 124 Å². The largest absolute Gasteiger partial charge is 0.483 e. The molecule has 0 atom stereocenters. The van der Waals surface area contributed by atoms with Crippen LogP contribution in [0.5, 0.6) is 5.75 Å². The van der Waals surface area contributed by atoms with Crippen molar-refractivity contribution in [2.45, 2.75) is 12.8 Å². The Morgan fingerprint density at radius 3 is 2.75 bits per heavy atom. The van der Waals surface area contributed by atoms with E-state index in [4.69, 9.17) is 9.84 Å². The van der Waals surface area contributed by atoms with Crippen molar-refractivity contribution in [2.24, 2.45) is 0 Å². The Kier molecular flexibility index (Phi) is 6.44. The number of carbonyl (C=O) groups is 2. The normalized spacial score (nSPS) is 10.2. The lowest BCUT2D eigenvalue weighted by Gasteiger charge is -2.17. The molecule has 110 valence electrons. The standard InChI is InChI=1S/C13H15BrFNO4/c1-16(6-2-3-13(18)19)12(17)8-20-11-5-4-9(15)7-10(11)14/h4-5,7H,2-3,6,8H2,1H3,(H,18,19). The maximum atomic E-state index is 12.9. The van der Waals surface area contributed by atoms with Crippen molar-refractivity contribution in [3.05, 3.63) is 28.5 Å². The van der Waals surface area contributed by atoms with E-state index in [9.17, 15) is 14.0 Å². The van der Waals surface area contributed by atoms with Crippen molar-refractivity contribution in [1.29, 1.82) is 0 Å². The highest BCUT2D eigenvalue weighted by Gasteiger charge is 2.11. The van der Waals surface area contributed by atoms with Gasteiger partial charge >= 0.3 is 5.97 Å². The van der Waals surface area contributed by atoms with E-state index in [0.717, 1.165) is 0 Å². The first-order chi connectivity index (χ1) is 9.40. The minimum atomic E-state index is -0.891. The monoisotopic (exact) mass is 347 g/mol. The van der Waals surface area contributed by atoms with Crippen LogP contribution in [0.15, 0.2) is 22.7 Å². The Morgan fingerprint density at radius 1 is 1.45 bits per heavy atom. The number of benzene rings is 1. The minimum absolute atomic E-state index is 0.0159. The Bertz CT molecular complexity index is 495. The number of halogens is 2. The molecule has 0 spiro atoms. The van der Waals surface area contributed by atoms with Crippen molar-refractivity contribution in [3.8, 4) is 5.75 Å². The van der Waals surface area contributed by atoms with Gasteiger partial charge in [0.15, 0.2) is 6.61 Å². The van der Waals surface area contributed by atoms with Gasteiger partial charge in [-0.25, -0.2) is 4.39 Å². The van der Waals surface area contributed by atoms with Crippen molar-refractivity contribution in [2.75, 3.05) is 20.2 Å². The molecule has 7 heteroatoms. The number of ether oxygens (including phenoxy) is 1. The molecule has 0 saturated heterocycles. The Morgan fingerprint density at radius 2 is 2.15 bits per heavy atom. The third-order valence-corrected chi connectivity index (χ3v) is 3.17. The van der Waals surface area contributed by atoms with Crippen LogP contribution in [0, 0.1) is 5.82 Å². The molecule has 0 bridgehead atoms. The molecule has 0 aliphatic heterocycles. The van der Waals surface area contributed by atoms with Crippen LogP contribution in [0.3, 0.4) is 0 Å². The minimum Gasteiger partial charge on any atom is -0.483 e. The maximum Gasteiger partial charge on any atom is 0.303 e. The van der Waals surface area contributed by atoms with Crippen LogP contribution in [0.4, 0.5) is 4.39 Å². The van der Waals surface area contributed by atoms with Gasteiger partial charge in [0, 0.05) is 20.0 Å². The molecule has 0 fully saturated rings. The molecular weight excluding hydrogens is 333 g/mol. The highest BCUT2D eigenvalue weighted by Crippen LogP contribution is 2.25. The molecule has 1 N–H and O–H groups in total. The first-order valence-corrected chi connectivity index (χ1v) is 6.73. The third kappa shape index (κ3) is 5.56. The quantitative estimate of drug-likeness (QED) is 0.821. The number of carboxylic acids is 1. The second-order valence-corrected chi connectivity index (χ2v) is 5.03. The molecule has 0 radical (unpaired) electrons. The summed E-state index contributed by atoms with van der Waals surface area (Å²) < 4.78 is 18.6. The predicted octanol–water partition coefficient (Wildman–Crippen LogP) is 2.29. The molecule has 0 heterocycles. The van der Waals surface area contributed by atoms with Gasteiger partial charge < -0.3 is 14.7 Å². The summed E-state index contributed by atoms with van der Waals surface area (Å²) in [4.78, 5) is 23.5. The van der Waals surface area contributed by atoms with Crippen molar-refractivity contribution in [1.82, 2.24) is 4.90 Å². The van der Waals surface area contributed by atoms with Gasteiger partial charge in [-0.15, -0.1) is 0 Å². The predicted molar refractivity (Wildman–Crippen MR) is 74.1 cm³/mol. The van der Waals surface area contributed by atoms with Crippen LogP contribution in [-0.2, 0) is 9.59 Å². The number of aliphatic carboxylic acids is 1. The number of carboxylic acid groups (broad SMARTS) is 1. The molecule has 0 aliphatic carbocycles. The van der Waals surface area contributed by atoms with Gasteiger partial charge in [0.05, 0.1) is 4.47 Å². The summed E-state index contributed by atoms with van der Waals surface area (Å²) in [6.07, 6.45) is 0.403. The van der Waals surface area contributed by atoms with Gasteiger partial charge in [-0.2, -0.15) is 0 Å². The van der Waals surface area contributed by atoms with Crippen LogP contribution >= 0.6 is 15.9 Å². The lowest BCUT2D eigenvalue weighted by molar-refractivity contribution is -0.138. The lowest BCUT2D eigenvalue weighted by atomic mass is 10.3. The van der Waals surface area contributed by atoms with Crippen LogP contribution in [0.1, 0.15) is 12.8 Å². The lowest BCUT2D eigenvalue weighted by Crippen LogP contribution is -2.32. The number of hydrogen-bond acceptors (Lipinski definition) is 3. The summed E-state index contributed by atoms with van der Waals surface area (Å²) in [7, 11) is 1.58. The molecule has 0 unspecified atom stereocenters. The average Bonchev–Trinajstić information content (AvgIpc) is 2.36. The second-order valence-electron chi connectivity index (χ2n) is 4.18. The molecule has 1 rings (SSSR count). The summed E-state index contributed by atoms with van der Waals surface area (Å²) in [5.74, 6) is -1.19. The van der Waals surface area contributed by atoms with Gasteiger partial charge in [0.1, 0.15) is 11.6 Å². The smallest absolute Gasteiger partial charge is 0.303 e. The van der Waals surface area contributed by atoms with E-state index in [-0.39, 0.29) is 18.9 Å². The summed E-state index contributed by atoms with van der Waals surface area (Å²) in [6.45, 7) is 0.160. The van der Waals surface area contributed by atoms with E-state index < -0.39 is 11.8 Å². The van der Waals surface area contributed by atoms with Crippen molar-refractivity contribution >= 4 is 27.8 Å². The van der Waals surface area contributed by atoms with Gasteiger partial charge in [0.2, 0.25) is 0 Å². The fourth-order valence-electron chi connectivity index (χ4n) is 1.43. The fraction of sp³-hybridized carbons (Fsp3) is 0.385. The molecule has 0 aromatic heterocycles. The molecule has 20 heavy (non-hydrogen) atoms. The number of nitrogens with zero attached hydrogens (tertiary/aromatic N) is 1. The fourth-order valence-corrected chi connectivity index (χ4v) is 1.90. The summed E-state index contributed by atoms with van der Waals surface area (Å²) in [5.41, 5.74) is 0. The zero-order valence-corrected chi connectivity index (χ0v) is 12.5. The van der Waals surface area contributed by atoms with E-state index in [0.29, 0.717) is 23.2 Å². The Hall–Kier alpha value is -1.63. The van der Waals surface area contributed by atoms with Gasteiger partial charge in [-0.05, 0) is 40.5 Å². The molecule has 1 aromatic rings. The second kappa shape index (κ2) is 7.84. The number of carbonyl (C=O) groups excluding carboxylic acids is 1. The van der Waals surface area contributed by atoms with Gasteiger partial charge in [-0.3, -0.25) is 9.59 Å². The molecule has 0 aliphatic rings. The van der Waals surface area contributed by atoms with Crippen molar-refractivity contribution in [3.63, 3.8) is 0 Å². The zero-order chi connectivity index (χ0) is 15.1. The maximum absolute atomic E-state index is 12.9. The van der Waals surface area contributed by atoms with E-state index in [2.05, 4.69) is 15.9 Å². The molecule has 5 nitrogen and oxygen atoms in total. The topological polar surface area (TPSA) is 66.8 Å². The van der Waals surface area contributed by atoms with E-state index >= 15 is 0 Å². The van der Waals surface area contributed by atoms with Gasteiger partial charge in [0.25, 0.3) is 5.91 Å². The number of amides is 1. The van der Waals surface area contributed by atoms with E-state index in [1.54, 1.807) is 7.05 Å². The molecule has 1 aromatic carbocycles. The first kappa shape index (κ1) is 16.4. The number of rotatable bonds is 7. The highest BCUT2D eigenvalue weighted by molar-refractivity contribution is 9.10. The highest BCUT2D eigenvalue weighted by atomic mass is 79.9. The number of hydrogen-bond donors (Lipinski definition) is 1. The van der Waals surface area contributed by atoms with Crippen LogP contribution in [0.25, 0.3) is 0 Å². The molecule has 0 saturated carbocycles. The van der Waals surface area contributed by atoms with Gasteiger partial charge in [-0.1, -0.05) is 0 Å². The summed E-state index contributed by atoms with van der Waals surface area (Å²) >= 11 is 3.14. The third-order valence-electron chi connectivity index (χ3n) is 2.55. The average molecular weight is 348 g/mol.